The molecule has 0 aliphatic rings. The molecule has 0 radical (unpaired) electrons. The van der Waals surface area contributed by atoms with Crippen molar-refractivity contribution in [2.24, 2.45) is 0 Å². The molecule has 0 spiro atoms. The van der Waals surface area contributed by atoms with Gasteiger partial charge in [-0.2, -0.15) is 0 Å². The van der Waals surface area contributed by atoms with E-state index in [1.165, 1.54) is 12.1 Å². The minimum absolute atomic E-state index is 0.281. The Labute approximate surface area is 103 Å². The quantitative estimate of drug-likeness (QED) is 0.710. The van der Waals surface area contributed by atoms with E-state index in [9.17, 15) is 4.39 Å². The first-order chi connectivity index (χ1) is 8.63. The summed E-state index contributed by atoms with van der Waals surface area (Å²) in [6.45, 7) is 1.83. The van der Waals surface area contributed by atoms with Gasteiger partial charge in [-0.15, -0.1) is 0 Å². The van der Waals surface area contributed by atoms with Crippen LogP contribution in [0.2, 0.25) is 0 Å². The molecule has 1 aromatic carbocycles. The van der Waals surface area contributed by atoms with E-state index < -0.39 is 0 Å². The van der Waals surface area contributed by atoms with E-state index in [1.807, 2.05) is 6.92 Å². The molecule has 18 heavy (non-hydrogen) atoms. The van der Waals surface area contributed by atoms with Gasteiger partial charge in [0.2, 0.25) is 0 Å². The van der Waals surface area contributed by atoms with Crippen LogP contribution in [0.1, 0.15) is 5.69 Å². The highest BCUT2D eigenvalue weighted by Crippen LogP contribution is 2.28. The largest absolute Gasteiger partial charge is 0.454 e. The van der Waals surface area contributed by atoms with Crippen LogP contribution in [-0.2, 0) is 0 Å². The molecule has 2 aromatic heterocycles. The number of fused-ring (bicyclic) bond motifs is 1. The van der Waals surface area contributed by atoms with E-state index in [4.69, 9.17) is 10.2 Å². The maximum Gasteiger partial charge on any atom is 0.153 e. The average Bonchev–Trinajstić information content (AvgIpc) is 2.75. The molecule has 0 aliphatic heterocycles. The van der Waals surface area contributed by atoms with Crippen LogP contribution in [0.25, 0.3) is 22.4 Å². The summed E-state index contributed by atoms with van der Waals surface area (Å²) in [5.74, 6) is 0.329. The molecule has 90 valence electrons. The van der Waals surface area contributed by atoms with Gasteiger partial charge < -0.3 is 10.2 Å². The van der Waals surface area contributed by atoms with Gasteiger partial charge in [-0.05, 0) is 43.3 Å². The SMILES string of the molecule is Cc1nc(-c2cc3cc(F)ccc3o2)ccc1N. The molecular weight excluding hydrogens is 231 g/mol. The first-order valence-corrected chi connectivity index (χ1v) is 5.56. The Hall–Kier alpha value is -2.36. The Bertz CT molecular complexity index is 734. The van der Waals surface area contributed by atoms with Crippen LogP contribution >= 0.6 is 0 Å². The third-order valence-electron chi connectivity index (χ3n) is 2.86. The Morgan fingerprint density at radius 3 is 2.78 bits per heavy atom. The predicted octanol–water partition coefficient (Wildman–Crippen LogP) is 3.52. The fourth-order valence-corrected chi connectivity index (χ4v) is 1.85. The lowest BCUT2D eigenvalue weighted by Crippen LogP contribution is -1.93. The summed E-state index contributed by atoms with van der Waals surface area (Å²) >= 11 is 0. The van der Waals surface area contributed by atoms with Crippen molar-refractivity contribution < 1.29 is 8.81 Å². The Morgan fingerprint density at radius 2 is 2.00 bits per heavy atom. The standard InChI is InChI=1S/C14H11FN2O/c1-8-11(16)3-4-12(17-8)14-7-9-6-10(15)2-5-13(9)18-14/h2-7H,16H2,1H3. The Kier molecular flexibility index (Phi) is 2.30. The molecule has 0 amide bonds. The van der Waals surface area contributed by atoms with Crippen molar-refractivity contribution in [3.63, 3.8) is 0 Å². The number of benzene rings is 1. The fraction of sp³-hybridized carbons (Fsp3) is 0.0714. The summed E-state index contributed by atoms with van der Waals surface area (Å²) < 4.78 is 18.7. The van der Waals surface area contributed by atoms with Crippen molar-refractivity contribution in [2.75, 3.05) is 5.73 Å². The van der Waals surface area contributed by atoms with Crippen molar-refractivity contribution in [3.8, 4) is 11.5 Å². The summed E-state index contributed by atoms with van der Waals surface area (Å²) in [5, 5.41) is 0.723. The lowest BCUT2D eigenvalue weighted by Gasteiger charge is -2.00. The minimum atomic E-state index is -0.281. The third kappa shape index (κ3) is 1.72. The van der Waals surface area contributed by atoms with Gasteiger partial charge in [0.25, 0.3) is 0 Å². The number of aromatic nitrogens is 1. The average molecular weight is 242 g/mol. The number of nitrogens with two attached hydrogens (primary N) is 1. The second kappa shape index (κ2) is 3.84. The maximum atomic E-state index is 13.1. The molecule has 4 heteroatoms. The van der Waals surface area contributed by atoms with Gasteiger partial charge in [-0.25, -0.2) is 9.37 Å². The number of nitrogens with zero attached hydrogens (tertiary/aromatic N) is 1. The molecule has 0 saturated heterocycles. The van der Waals surface area contributed by atoms with Gasteiger partial charge in [0.05, 0.1) is 11.4 Å². The van der Waals surface area contributed by atoms with Crippen LogP contribution in [0.3, 0.4) is 0 Å². The van der Waals surface area contributed by atoms with Crippen LogP contribution in [0.15, 0.2) is 40.8 Å². The van der Waals surface area contributed by atoms with E-state index >= 15 is 0 Å². The first-order valence-electron chi connectivity index (χ1n) is 5.56. The summed E-state index contributed by atoms with van der Waals surface area (Å²) in [5.41, 5.74) is 8.44. The van der Waals surface area contributed by atoms with Crippen molar-refractivity contribution in [1.82, 2.24) is 4.98 Å². The van der Waals surface area contributed by atoms with Crippen LogP contribution in [0, 0.1) is 12.7 Å². The van der Waals surface area contributed by atoms with Crippen LogP contribution in [0.5, 0.6) is 0 Å². The third-order valence-corrected chi connectivity index (χ3v) is 2.86. The van der Waals surface area contributed by atoms with Gasteiger partial charge in [0, 0.05) is 5.39 Å². The second-order valence-corrected chi connectivity index (χ2v) is 4.16. The number of hydrogen-bond donors (Lipinski definition) is 1. The highest BCUT2D eigenvalue weighted by Gasteiger charge is 2.09. The molecule has 0 aliphatic carbocycles. The van der Waals surface area contributed by atoms with Gasteiger partial charge in [0.1, 0.15) is 17.1 Å². The number of nitrogen functional groups attached to an aromatic ring is 1. The Balaban J connectivity index is 2.16. The minimum Gasteiger partial charge on any atom is -0.454 e. The van der Waals surface area contributed by atoms with Crippen LogP contribution in [-0.4, -0.2) is 4.98 Å². The number of pyridine rings is 1. The highest BCUT2D eigenvalue weighted by atomic mass is 19.1. The van der Waals surface area contributed by atoms with E-state index in [1.54, 1.807) is 24.3 Å². The molecule has 0 unspecified atom stereocenters. The highest BCUT2D eigenvalue weighted by molar-refractivity contribution is 5.82. The van der Waals surface area contributed by atoms with Crippen molar-refractivity contribution in [3.05, 3.63) is 47.9 Å². The number of aryl methyl sites for hydroxylation is 1. The fourth-order valence-electron chi connectivity index (χ4n) is 1.85. The number of rotatable bonds is 1. The van der Waals surface area contributed by atoms with E-state index in [0.29, 0.717) is 22.7 Å². The molecular formula is C14H11FN2O. The Morgan fingerprint density at radius 1 is 1.17 bits per heavy atom. The first kappa shape index (κ1) is 10.8. The number of furan rings is 1. The molecule has 3 rings (SSSR count). The normalized spacial score (nSPS) is 11.0. The molecule has 3 aromatic rings. The summed E-state index contributed by atoms with van der Waals surface area (Å²) in [4.78, 5) is 4.35. The van der Waals surface area contributed by atoms with Crippen molar-refractivity contribution in [1.29, 1.82) is 0 Å². The zero-order valence-corrected chi connectivity index (χ0v) is 9.77. The lowest BCUT2D eigenvalue weighted by atomic mass is 10.2. The zero-order chi connectivity index (χ0) is 12.7. The zero-order valence-electron chi connectivity index (χ0n) is 9.77. The van der Waals surface area contributed by atoms with E-state index in [0.717, 1.165) is 11.1 Å². The number of anilines is 1. The maximum absolute atomic E-state index is 13.1. The van der Waals surface area contributed by atoms with Crippen LogP contribution in [0.4, 0.5) is 10.1 Å². The molecule has 3 nitrogen and oxygen atoms in total. The summed E-state index contributed by atoms with van der Waals surface area (Å²) in [6.07, 6.45) is 0. The monoisotopic (exact) mass is 242 g/mol. The molecule has 0 atom stereocenters. The van der Waals surface area contributed by atoms with Crippen molar-refractivity contribution >= 4 is 16.7 Å². The van der Waals surface area contributed by atoms with E-state index in [2.05, 4.69) is 4.98 Å². The molecule has 2 heterocycles. The second-order valence-electron chi connectivity index (χ2n) is 4.16. The predicted molar refractivity (Wildman–Crippen MR) is 68.6 cm³/mol. The summed E-state index contributed by atoms with van der Waals surface area (Å²) in [7, 11) is 0. The summed E-state index contributed by atoms with van der Waals surface area (Å²) in [6, 6.07) is 9.76. The number of hydrogen-bond acceptors (Lipinski definition) is 3. The number of halogens is 1. The van der Waals surface area contributed by atoms with E-state index in [-0.39, 0.29) is 5.82 Å². The van der Waals surface area contributed by atoms with Gasteiger partial charge >= 0.3 is 0 Å². The smallest absolute Gasteiger partial charge is 0.153 e. The molecule has 0 fully saturated rings. The van der Waals surface area contributed by atoms with Gasteiger partial charge in [0.15, 0.2) is 5.76 Å². The molecule has 0 bridgehead atoms. The van der Waals surface area contributed by atoms with Gasteiger partial charge in [-0.1, -0.05) is 0 Å². The lowest BCUT2D eigenvalue weighted by molar-refractivity contribution is 0.617. The van der Waals surface area contributed by atoms with Crippen molar-refractivity contribution in [2.45, 2.75) is 6.92 Å². The van der Waals surface area contributed by atoms with Gasteiger partial charge in [-0.3, -0.25) is 0 Å². The molecule has 0 saturated carbocycles. The van der Waals surface area contributed by atoms with Crippen LogP contribution < -0.4 is 5.73 Å². The topological polar surface area (TPSA) is 52.0 Å². The molecule has 2 N–H and O–H groups in total.